The highest BCUT2D eigenvalue weighted by molar-refractivity contribution is 5.32. The van der Waals surface area contributed by atoms with Gasteiger partial charge in [-0.1, -0.05) is 18.2 Å². The van der Waals surface area contributed by atoms with Crippen LogP contribution in [0.2, 0.25) is 0 Å². The molecule has 0 saturated carbocycles. The van der Waals surface area contributed by atoms with E-state index in [1.54, 1.807) is 24.3 Å². The second kappa shape index (κ2) is 5.44. The van der Waals surface area contributed by atoms with E-state index < -0.39 is 18.7 Å². The van der Waals surface area contributed by atoms with Gasteiger partial charge in [-0.25, -0.2) is 4.68 Å². The fourth-order valence-corrected chi connectivity index (χ4v) is 1.80. The minimum Gasteiger partial charge on any atom is -0.387 e. The van der Waals surface area contributed by atoms with E-state index in [9.17, 15) is 18.3 Å². The van der Waals surface area contributed by atoms with Crippen LogP contribution in [0.25, 0.3) is 5.69 Å². The lowest BCUT2D eigenvalue weighted by Crippen LogP contribution is -2.12. The van der Waals surface area contributed by atoms with E-state index in [-0.39, 0.29) is 6.42 Å². The molecule has 3 nitrogen and oxygen atoms in total. The molecule has 102 valence electrons. The van der Waals surface area contributed by atoms with Gasteiger partial charge < -0.3 is 5.11 Å². The topological polar surface area (TPSA) is 38.1 Å². The highest BCUT2D eigenvalue weighted by Crippen LogP contribution is 2.28. The summed E-state index contributed by atoms with van der Waals surface area (Å²) in [7, 11) is 0. The van der Waals surface area contributed by atoms with Crippen molar-refractivity contribution >= 4 is 0 Å². The number of alkyl halides is 3. The van der Waals surface area contributed by atoms with Crippen molar-refractivity contribution in [3.05, 3.63) is 48.3 Å². The number of hydrogen-bond donors (Lipinski definition) is 1. The van der Waals surface area contributed by atoms with Gasteiger partial charge in [0.05, 0.1) is 17.5 Å². The zero-order valence-electron chi connectivity index (χ0n) is 10.0. The number of rotatable bonds is 4. The lowest BCUT2D eigenvalue weighted by molar-refractivity contribution is -0.140. The van der Waals surface area contributed by atoms with Crippen molar-refractivity contribution in [2.75, 3.05) is 0 Å². The van der Waals surface area contributed by atoms with Gasteiger partial charge in [0.2, 0.25) is 0 Å². The van der Waals surface area contributed by atoms with Gasteiger partial charge in [-0.2, -0.15) is 18.3 Å². The quantitative estimate of drug-likeness (QED) is 0.926. The van der Waals surface area contributed by atoms with Crippen LogP contribution in [0.15, 0.2) is 42.6 Å². The van der Waals surface area contributed by atoms with E-state index >= 15 is 0 Å². The molecule has 1 aromatic heterocycles. The number of nitrogens with zero attached hydrogens (tertiary/aromatic N) is 2. The van der Waals surface area contributed by atoms with Crippen LogP contribution < -0.4 is 0 Å². The largest absolute Gasteiger partial charge is 0.389 e. The molecule has 0 saturated heterocycles. The van der Waals surface area contributed by atoms with Gasteiger partial charge in [0, 0.05) is 12.6 Å². The van der Waals surface area contributed by atoms with Gasteiger partial charge in [-0.3, -0.25) is 0 Å². The molecule has 0 aliphatic rings. The van der Waals surface area contributed by atoms with E-state index in [2.05, 4.69) is 5.10 Å². The molecule has 1 aromatic carbocycles. The van der Waals surface area contributed by atoms with Gasteiger partial charge in [0.1, 0.15) is 0 Å². The van der Waals surface area contributed by atoms with Crippen LogP contribution in [0.3, 0.4) is 0 Å². The molecule has 0 aliphatic carbocycles. The average Bonchev–Trinajstić information content (AvgIpc) is 2.85. The number of aromatic nitrogens is 2. The van der Waals surface area contributed by atoms with Gasteiger partial charge in [-0.15, -0.1) is 0 Å². The summed E-state index contributed by atoms with van der Waals surface area (Å²) in [6.45, 7) is 0. The van der Waals surface area contributed by atoms with Gasteiger partial charge in [0.15, 0.2) is 0 Å². The Hall–Kier alpha value is -1.82. The third kappa shape index (κ3) is 3.57. The molecular weight excluding hydrogens is 257 g/mol. The second-order valence-electron chi connectivity index (χ2n) is 4.17. The first-order valence-corrected chi connectivity index (χ1v) is 5.81. The maximum Gasteiger partial charge on any atom is 0.389 e. The third-order valence-electron chi connectivity index (χ3n) is 2.72. The van der Waals surface area contributed by atoms with Crippen molar-refractivity contribution in [3.8, 4) is 5.69 Å². The first-order valence-electron chi connectivity index (χ1n) is 5.81. The zero-order valence-corrected chi connectivity index (χ0v) is 10.0. The zero-order chi connectivity index (χ0) is 13.9. The van der Waals surface area contributed by atoms with Crippen molar-refractivity contribution in [1.29, 1.82) is 0 Å². The summed E-state index contributed by atoms with van der Waals surface area (Å²) in [5, 5.41) is 13.9. The Morgan fingerprint density at radius 3 is 2.47 bits per heavy atom. The van der Waals surface area contributed by atoms with Crippen molar-refractivity contribution < 1.29 is 18.3 Å². The Morgan fingerprint density at radius 2 is 1.84 bits per heavy atom. The molecule has 1 N–H and O–H groups in total. The number of aliphatic hydroxyl groups is 1. The van der Waals surface area contributed by atoms with Crippen LogP contribution in [-0.4, -0.2) is 21.1 Å². The lowest BCUT2D eigenvalue weighted by atomic mass is 10.1. The predicted octanol–water partition coefficient (Wildman–Crippen LogP) is 3.25. The molecule has 1 unspecified atom stereocenters. The summed E-state index contributed by atoms with van der Waals surface area (Å²) < 4.78 is 37.9. The molecule has 0 amide bonds. The Labute approximate surface area is 108 Å². The molecule has 19 heavy (non-hydrogen) atoms. The monoisotopic (exact) mass is 270 g/mol. The Kier molecular flexibility index (Phi) is 3.90. The Morgan fingerprint density at radius 1 is 1.16 bits per heavy atom. The highest BCUT2D eigenvalue weighted by Gasteiger charge is 2.29. The van der Waals surface area contributed by atoms with Gasteiger partial charge >= 0.3 is 6.18 Å². The molecule has 0 spiro atoms. The van der Waals surface area contributed by atoms with Crippen LogP contribution in [0.5, 0.6) is 0 Å². The first kappa shape index (κ1) is 13.6. The molecule has 1 atom stereocenters. The van der Waals surface area contributed by atoms with E-state index in [4.69, 9.17) is 0 Å². The standard InChI is InChI=1S/C13H13F3N2O/c14-13(15,16)8-6-12(19)11-7-9-17-18(11)10-4-2-1-3-5-10/h1-5,7,9,12,19H,6,8H2. The maximum absolute atomic E-state index is 12.1. The molecule has 2 aromatic rings. The van der Waals surface area contributed by atoms with Crippen LogP contribution in [0.4, 0.5) is 13.2 Å². The van der Waals surface area contributed by atoms with E-state index in [1.165, 1.54) is 16.9 Å². The Balaban J connectivity index is 2.16. The molecule has 6 heteroatoms. The SMILES string of the molecule is OC(CCC(F)(F)F)c1ccnn1-c1ccccc1. The number of hydrogen-bond acceptors (Lipinski definition) is 2. The molecule has 2 rings (SSSR count). The predicted molar refractivity (Wildman–Crippen MR) is 63.8 cm³/mol. The second-order valence-corrected chi connectivity index (χ2v) is 4.17. The number of aliphatic hydroxyl groups excluding tert-OH is 1. The summed E-state index contributed by atoms with van der Waals surface area (Å²) in [6, 6.07) is 10.5. The molecule has 1 heterocycles. The number of halogens is 3. The van der Waals surface area contributed by atoms with Crippen molar-refractivity contribution in [2.45, 2.75) is 25.1 Å². The minimum atomic E-state index is -4.27. The van der Waals surface area contributed by atoms with Crippen molar-refractivity contribution in [3.63, 3.8) is 0 Å². The molecular formula is C13H13F3N2O. The average molecular weight is 270 g/mol. The van der Waals surface area contributed by atoms with Crippen LogP contribution >= 0.6 is 0 Å². The van der Waals surface area contributed by atoms with Crippen LogP contribution in [-0.2, 0) is 0 Å². The number of benzene rings is 1. The van der Waals surface area contributed by atoms with E-state index in [0.717, 1.165) is 0 Å². The summed E-state index contributed by atoms with van der Waals surface area (Å²) in [5.74, 6) is 0. The summed E-state index contributed by atoms with van der Waals surface area (Å²) in [5.41, 5.74) is 1.06. The lowest BCUT2D eigenvalue weighted by Gasteiger charge is -2.14. The molecule has 0 bridgehead atoms. The van der Waals surface area contributed by atoms with Crippen molar-refractivity contribution in [1.82, 2.24) is 9.78 Å². The van der Waals surface area contributed by atoms with E-state index in [1.807, 2.05) is 6.07 Å². The summed E-state index contributed by atoms with van der Waals surface area (Å²) >= 11 is 0. The first-order chi connectivity index (χ1) is 8.97. The highest BCUT2D eigenvalue weighted by atomic mass is 19.4. The minimum absolute atomic E-state index is 0.357. The number of para-hydroxylation sites is 1. The van der Waals surface area contributed by atoms with Crippen LogP contribution in [0, 0.1) is 0 Å². The van der Waals surface area contributed by atoms with E-state index in [0.29, 0.717) is 11.4 Å². The van der Waals surface area contributed by atoms with Crippen molar-refractivity contribution in [2.24, 2.45) is 0 Å². The maximum atomic E-state index is 12.1. The smallest absolute Gasteiger partial charge is 0.387 e. The Bertz CT molecular complexity index is 522. The molecule has 0 fully saturated rings. The van der Waals surface area contributed by atoms with Crippen LogP contribution in [0.1, 0.15) is 24.6 Å². The summed E-state index contributed by atoms with van der Waals surface area (Å²) in [6.07, 6.45) is -5.39. The normalized spacial score (nSPS) is 13.5. The molecule has 0 aliphatic heterocycles. The fraction of sp³-hybridized carbons (Fsp3) is 0.308. The van der Waals surface area contributed by atoms with Gasteiger partial charge in [-0.05, 0) is 24.6 Å². The fourth-order valence-electron chi connectivity index (χ4n) is 1.80. The molecule has 0 radical (unpaired) electrons. The summed E-state index contributed by atoms with van der Waals surface area (Å²) in [4.78, 5) is 0. The van der Waals surface area contributed by atoms with Gasteiger partial charge in [0.25, 0.3) is 0 Å². The third-order valence-corrected chi connectivity index (χ3v) is 2.72.